The number of nitrogens with zero attached hydrogens (tertiary/aromatic N) is 3. The number of anilines is 1. The van der Waals surface area contributed by atoms with Crippen molar-refractivity contribution in [3.05, 3.63) is 81.0 Å². The molecular formula is C18H15ClN4O4. The molecular weight excluding hydrogens is 372 g/mol. The van der Waals surface area contributed by atoms with Gasteiger partial charge < -0.3 is 10.1 Å². The number of nitro groups is 1. The van der Waals surface area contributed by atoms with Crippen molar-refractivity contribution in [2.45, 2.75) is 6.61 Å². The van der Waals surface area contributed by atoms with Crippen LogP contribution in [0.4, 0.5) is 11.5 Å². The molecule has 1 heterocycles. The summed E-state index contributed by atoms with van der Waals surface area (Å²) in [4.78, 5) is 22.4. The number of halogens is 1. The third kappa shape index (κ3) is 4.62. The maximum atomic E-state index is 12.2. The van der Waals surface area contributed by atoms with Gasteiger partial charge in [-0.2, -0.15) is 5.10 Å². The monoisotopic (exact) mass is 386 g/mol. The molecule has 0 radical (unpaired) electrons. The summed E-state index contributed by atoms with van der Waals surface area (Å²) in [6, 6.07) is 12.6. The van der Waals surface area contributed by atoms with Crippen LogP contribution in [-0.2, 0) is 13.7 Å². The van der Waals surface area contributed by atoms with Crippen molar-refractivity contribution >= 4 is 29.0 Å². The number of aryl methyl sites for hydroxylation is 1. The van der Waals surface area contributed by atoms with Crippen LogP contribution < -0.4 is 10.1 Å². The van der Waals surface area contributed by atoms with E-state index in [2.05, 4.69) is 10.4 Å². The fourth-order valence-electron chi connectivity index (χ4n) is 2.30. The first-order valence-corrected chi connectivity index (χ1v) is 8.27. The molecule has 0 saturated heterocycles. The van der Waals surface area contributed by atoms with Crippen molar-refractivity contribution in [3.8, 4) is 5.75 Å². The number of amides is 1. The van der Waals surface area contributed by atoms with E-state index in [4.69, 9.17) is 16.3 Å². The molecule has 1 aromatic heterocycles. The molecule has 8 nitrogen and oxygen atoms in total. The molecule has 27 heavy (non-hydrogen) atoms. The van der Waals surface area contributed by atoms with Crippen LogP contribution >= 0.6 is 11.6 Å². The zero-order valence-electron chi connectivity index (χ0n) is 14.3. The van der Waals surface area contributed by atoms with Crippen LogP contribution in [0.2, 0.25) is 5.02 Å². The number of benzene rings is 2. The number of rotatable bonds is 6. The standard InChI is InChI=1S/C18H15ClN4O4/c1-22-9-8-17(21-22)20-18(24)13-4-2-12(3-5-13)11-27-16-7-6-14(23(25)26)10-15(16)19/h2-10H,11H2,1H3,(H,20,21,24). The fourth-order valence-corrected chi connectivity index (χ4v) is 2.53. The molecule has 0 unspecified atom stereocenters. The molecule has 0 fully saturated rings. The van der Waals surface area contributed by atoms with Crippen LogP contribution in [-0.4, -0.2) is 20.6 Å². The van der Waals surface area contributed by atoms with Gasteiger partial charge in [-0.15, -0.1) is 0 Å². The number of non-ortho nitro benzene ring substituents is 1. The minimum Gasteiger partial charge on any atom is -0.487 e. The Bertz CT molecular complexity index is 985. The molecule has 0 aliphatic heterocycles. The Labute approximate surface area is 159 Å². The maximum absolute atomic E-state index is 12.2. The summed E-state index contributed by atoms with van der Waals surface area (Å²) in [5, 5.41) is 17.7. The summed E-state index contributed by atoms with van der Waals surface area (Å²) in [5.41, 5.74) is 1.20. The second kappa shape index (κ2) is 7.88. The number of carbonyl (C=O) groups excluding carboxylic acids is 1. The Balaban J connectivity index is 1.60. The third-order valence-electron chi connectivity index (χ3n) is 3.69. The molecule has 3 rings (SSSR count). The van der Waals surface area contributed by atoms with Gasteiger partial charge in [0.1, 0.15) is 12.4 Å². The molecule has 1 amide bonds. The fraction of sp³-hybridized carbons (Fsp3) is 0.111. The maximum Gasteiger partial charge on any atom is 0.271 e. The molecule has 0 aliphatic rings. The summed E-state index contributed by atoms with van der Waals surface area (Å²) >= 11 is 6.00. The normalized spacial score (nSPS) is 10.4. The average molecular weight is 387 g/mol. The van der Waals surface area contributed by atoms with Gasteiger partial charge in [0.25, 0.3) is 11.6 Å². The minimum atomic E-state index is -0.523. The predicted molar refractivity (Wildman–Crippen MR) is 100 cm³/mol. The summed E-state index contributed by atoms with van der Waals surface area (Å²) in [6.07, 6.45) is 1.74. The van der Waals surface area contributed by atoms with E-state index in [0.29, 0.717) is 17.1 Å². The molecule has 0 atom stereocenters. The Morgan fingerprint density at radius 1 is 1.26 bits per heavy atom. The Morgan fingerprint density at radius 2 is 2.00 bits per heavy atom. The lowest BCUT2D eigenvalue weighted by Gasteiger charge is -2.08. The number of aromatic nitrogens is 2. The molecule has 0 bridgehead atoms. The first-order chi connectivity index (χ1) is 12.9. The van der Waals surface area contributed by atoms with Crippen LogP contribution in [0.15, 0.2) is 54.7 Å². The van der Waals surface area contributed by atoms with Crippen molar-refractivity contribution in [1.29, 1.82) is 0 Å². The van der Waals surface area contributed by atoms with Crippen molar-refractivity contribution < 1.29 is 14.5 Å². The van der Waals surface area contributed by atoms with Crippen LogP contribution in [0.3, 0.4) is 0 Å². The van der Waals surface area contributed by atoms with Gasteiger partial charge in [-0.3, -0.25) is 19.6 Å². The number of hydrogen-bond acceptors (Lipinski definition) is 5. The lowest BCUT2D eigenvalue weighted by Crippen LogP contribution is -2.12. The summed E-state index contributed by atoms with van der Waals surface area (Å²) < 4.78 is 7.19. The number of ether oxygens (including phenoxy) is 1. The largest absolute Gasteiger partial charge is 0.487 e. The van der Waals surface area contributed by atoms with Gasteiger partial charge in [0, 0.05) is 37.0 Å². The highest BCUT2D eigenvalue weighted by Gasteiger charge is 2.11. The molecule has 9 heteroatoms. The van der Waals surface area contributed by atoms with Gasteiger partial charge >= 0.3 is 0 Å². The second-order valence-electron chi connectivity index (χ2n) is 5.69. The highest BCUT2D eigenvalue weighted by Crippen LogP contribution is 2.29. The van der Waals surface area contributed by atoms with Crippen LogP contribution in [0, 0.1) is 10.1 Å². The van der Waals surface area contributed by atoms with Gasteiger partial charge in [-0.05, 0) is 23.8 Å². The van der Waals surface area contributed by atoms with E-state index >= 15 is 0 Å². The number of carbonyl (C=O) groups is 1. The van der Waals surface area contributed by atoms with Gasteiger partial charge in [-0.25, -0.2) is 0 Å². The van der Waals surface area contributed by atoms with Gasteiger partial charge in [0.15, 0.2) is 5.82 Å². The summed E-state index contributed by atoms with van der Waals surface area (Å²) in [6.45, 7) is 0.208. The van der Waals surface area contributed by atoms with Crippen LogP contribution in [0.25, 0.3) is 0 Å². The molecule has 0 saturated carbocycles. The zero-order chi connectivity index (χ0) is 19.4. The molecule has 3 aromatic rings. The Hall–Kier alpha value is -3.39. The quantitative estimate of drug-likeness (QED) is 0.513. The van der Waals surface area contributed by atoms with E-state index < -0.39 is 4.92 Å². The highest BCUT2D eigenvalue weighted by atomic mass is 35.5. The zero-order valence-corrected chi connectivity index (χ0v) is 15.0. The molecule has 0 aliphatic carbocycles. The van der Waals surface area contributed by atoms with E-state index in [1.165, 1.54) is 18.2 Å². The molecule has 2 aromatic carbocycles. The molecule has 0 spiro atoms. The van der Waals surface area contributed by atoms with E-state index in [-0.39, 0.29) is 23.2 Å². The van der Waals surface area contributed by atoms with Gasteiger partial charge in [0.2, 0.25) is 0 Å². The Kier molecular flexibility index (Phi) is 5.37. The SMILES string of the molecule is Cn1ccc(NC(=O)c2ccc(COc3ccc([N+](=O)[O-])cc3Cl)cc2)n1. The first-order valence-electron chi connectivity index (χ1n) is 7.89. The van der Waals surface area contributed by atoms with Crippen molar-refractivity contribution in [2.75, 3.05) is 5.32 Å². The lowest BCUT2D eigenvalue weighted by atomic mass is 10.1. The molecule has 1 N–H and O–H groups in total. The lowest BCUT2D eigenvalue weighted by molar-refractivity contribution is -0.384. The smallest absolute Gasteiger partial charge is 0.271 e. The van der Waals surface area contributed by atoms with E-state index in [1.54, 1.807) is 48.3 Å². The third-order valence-corrected chi connectivity index (χ3v) is 3.99. The van der Waals surface area contributed by atoms with Crippen LogP contribution in [0.1, 0.15) is 15.9 Å². The van der Waals surface area contributed by atoms with E-state index in [1.807, 2.05) is 0 Å². The van der Waals surface area contributed by atoms with E-state index in [9.17, 15) is 14.9 Å². The van der Waals surface area contributed by atoms with Crippen molar-refractivity contribution in [3.63, 3.8) is 0 Å². The van der Waals surface area contributed by atoms with Crippen molar-refractivity contribution in [1.82, 2.24) is 9.78 Å². The molecule has 138 valence electrons. The number of hydrogen-bond donors (Lipinski definition) is 1. The Morgan fingerprint density at radius 3 is 2.59 bits per heavy atom. The predicted octanol–water partition coefficient (Wildman–Crippen LogP) is 3.81. The van der Waals surface area contributed by atoms with Crippen LogP contribution in [0.5, 0.6) is 5.75 Å². The van der Waals surface area contributed by atoms with Gasteiger partial charge in [0.05, 0.1) is 9.95 Å². The minimum absolute atomic E-state index is 0.101. The summed E-state index contributed by atoms with van der Waals surface area (Å²) in [5.74, 6) is 0.557. The average Bonchev–Trinajstić information content (AvgIpc) is 3.05. The number of nitrogens with one attached hydrogen (secondary N) is 1. The van der Waals surface area contributed by atoms with E-state index in [0.717, 1.165) is 5.56 Å². The number of nitro benzene ring substituents is 1. The van der Waals surface area contributed by atoms with Crippen molar-refractivity contribution in [2.24, 2.45) is 7.05 Å². The second-order valence-corrected chi connectivity index (χ2v) is 6.09. The van der Waals surface area contributed by atoms with Gasteiger partial charge in [-0.1, -0.05) is 23.7 Å². The highest BCUT2D eigenvalue weighted by molar-refractivity contribution is 6.32. The first kappa shape index (κ1) is 18.4. The topological polar surface area (TPSA) is 99.3 Å². The summed E-state index contributed by atoms with van der Waals surface area (Å²) in [7, 11) is 1.77.